The minimum Gasteiger partial charge on any atom is -0.336 e. The van der Waals surface area contributed by atoms with Crippen LogP contribution in [0.5, 0.6) is 0 Å². The Bertz CT molecular complexity index is 719. The molecule has 20 heavy (non-hydrogen) atoms. The summed E-state index contributed by atoms with van der Waals surface area (Å²) in [5, 5.41) is 3.42. The van der Waals surface area contributed by atoms with E-state index in [1.807, 2.05) is 48.3 Å². The summed E-state index contributed by atoms with van der Waals surface area (Å²) in [5.74, 6) is 0.941. The number of aryl methyl sites for hydroxylation is 1. The molecule has 5 nitrogen and oxygen atoms in total. The van der Waals surface area contributed by atoms with Crippen molar-refractivity contribution in [2.75, 3.05) is 6.54 Å². The van der Waals surface area contributed by atoms with Gasteiger partial charge in [0, 0.05) is 19.4 Å². The molecule has 0 aliphatic rings. The maximum Gasteiger partial charge on any atom is 0.131 e. The Labute approximate surface area is 117 Å². The predicted molar refractivity (Wildman–Crippen MR) is 78.3 cm³/mol. The third-order valence-corrected chi connectivity index (χ3v) is 3.29. The Kier molecular flexibility index (Phi) is 3.43. The average Bonchev–Trinajstić information content (AvgIpc) is 2.90. The zero-order valence-electron chi connectivity index (χ0n) is 11.6. The van der Waals surface area contributed by atoms with Gasteiger partial charge in [-0.15, -0.1) is 0 Å². The largest absolute Gasteiger partial charge is 0.336 e. The molecule has 0 saturated heterocycles. The molecule has 3 rings (SSSR count). The standard InChI is InChI=1S/C15H17N5/c1-3-16-14(15-17-8-9-20(15)2)13-10-18-11-6-4-5-7-12(11)19-13/h4-10,14,16H,3H2,1-2H3. The second kappa shape index (κ2) is 5.38. The topological polar surface area (TPSA) is 55.6 Å². The highest BCUT2D eigenvalue weighted by atomic mass is 15.1. The molecular weight excluding hydrogens is 250 g/mol. The number of aromatic nitrogens is 4. The molecule has 0 spiro atoms. The van der Waals surface area contributed by atoms with Crippen LogP contribution in [0.3, 0.4) is 0 Å². The lowest BCUT2D eigenvalue weighted by atomic mass is 10.2. The van der Waals surface area contributed by atoms with E-state index >= 15 is 0 Å². The smallest absolute Gasteiger partial charge is 0.131 e. The molecule has 3 aromatic rings. The van der Waals surface area contributed by atoms with Gasteiger partial charge in [-0.1, -0.05) is 19.1 Å². The van der Waals surface area contributed by atoms with Crippen molar-refractivity contribution in [1.29, 1.82) is 0 Å². The van der Waals surface area contributed by atoms with E-state index in [0.717, 1.165) is 29.1 Å². The first kappa shape index (κ1) is 12.7. The molecular formula is C15H17N5. The zero-order valence-corrected chi connectivity index (χ0v) is 11.6. The highest BCUT2D eigenvalue weighted by molar-refractivity contribution is 5.73. The van der Waals surface area contributed by atoms with Crippen LogP contribution in [0.15, 0.2) is 42.9 Å². The molecule has 0 aliphatic carbocycles. The summed E-state index contributed by atoms with van der Waals surface area (Å²) in [5.41, 5.74) is 2.70. The lowest BCUT2D eigenvalue weighted by Crippen LogP contribution is -2.25. The van der Waals surface area contributed by atoms with Gasteiger partial charge in [0.05, 0.1) is 22.9 Å². The summed E-state index contributed by atoms with van der Waals surface area (Å²) < 4.78 is 2.00. The van der Waals surface area contributed by atoms with Crippen LogP contribution in [-0.2, 0) is 7.05 Å². The molecule has 2 aromatic heterocycles. The van der Waals surface area contributed by atoms with Gasteiger partial charge in [0.15, 0.2) is 0 Å². The second-order valence-electron chi connectivity index (χ2n) is 4.67. The number of fused-ring (bicyclic) bond motifs is 1. The second-order valence-corrected chi connectivity index (χ2v) is 4.67. The Morgan fingerprint density at radius 3 is 2.70 bits per heavy atom. The van der Waals surface area contributed by atoms with E-state index in [2.05, 4.69) is 22.2 Å². The van der Waals surface area contributed by atoms with Crippen LogP contribution in [-0.4, -0.2) is 26.1 Å². The molecule has 5 heteroatoms. The predicted octanol–water partition coefficient (Wildman–Crippen LogP) is 2.06. The Morgan fingerprint density at radius 1 is 1.20 bits per heavy atom. The molecule has 1 unspecified atom stereocenters. The van der Waals surface area contributed by atoms with Gasteiger partial charge in [-0.05, 0) is 18.7 Å². The van der Waals surface area contributed by atoms with Gasteiger partial charge in [0.25, 0.3) is 0 Å². The summed E-state index contributed by atoms with van der Waals surface area (Å²) in [4.78, 5) is 13.6. The summed E-state index contributed by atoms with van der Waals surface area (Å²) in [6.45, 7) is 2.91. The van der Waals surface area contributed by atoms with Crippen molar-refractivity contribution in [2.24, 2.45) is 7.05 Å². The molecule has 0 radical (unpaired) electrons. The fourth-order valence-corrected chi connectivity index (χ4v) is 2.30. The Hall–Kier alpha value is -2.27. The van der Waals surface area contributed by atoms with Crippen molar-refractivity contribution in [3.63, 3.8) is 0 Å². The van der Waals surface area contributed by atoms with Gasteiger partial charge in [-0.25, -0.2) is 9.97 Å². The number of hydrogen-bond acceptors (Lipinski definition) is 4. The van der Waals surface area contributed by atoms with E-state index in [9.17, 15) is 0 Å². The van der Waals surface area contributed by atoms with Gasteiger partial charge in [-0.2, -0.15) is 0 Å². The number of rotatable bonds is 4. The molecule has 1 aromatic carbocycles. The number of nitrogens with zero attached hydrogens (tertiary/aromatic N) is 4. The van der Waals surface area contributed by atoms with Crippen LogP contribution in [0, 0.1) is 0 Å². The van der Waals surface area contributed by atoms with Gasteiger partial charge in [-0.3, -0.25) is 4.98 Å². The monoisotopic (exact) mass is 267 g/mol. The normalized spacial score (nSPS) is 12.7. The van der Waals surface area contributed by atoms with Crippen molar-refractivity contribution >= 4 is 11.0 Å². The van der Waals surface area contributed by atoms with Crippen LogP contribution < -0.4 is 5.32 Å². The van der Waals surface area contributed by atoms with Crippen LogP contribution in [0.2, 0.25) is 0 Å². The Morgan fingerprint density at radius 2 is 2.00 bits per heavy atom. The van der Waals surface area contributed by atoms with Gasteiger partial charge in [0.2, 0.25) is 0 Å². The lowest BCUT2D eigenvalue weighted by molar-refractivity contribution is 0.565. The number of hydrogen-bond donors (Lipinski definition) is 1. The van der Waals surface area contributed by atoms with Crippen molar-refractivity contribution in [1.82, 2.24) is 24.8 Å². The fourth-order valence-electron chi connectivity index (χ4n) is 2.30. The zero-order chi connectivity index (χ0) is 13.9. The lowest BCUT2D eigenvalue weighted by Gasteiger charge is -2.17. The van der Waals surface area contributed by atoms with Crippen molar-refractivity contribution in [2.45, 2.75) is 13.0 Å². The molecule has 102 valence electrons. The highest BCUT2D eigenvalue weighted by Gasteiger charge is 2.19. The molecule has 0 bridgehead atoms. The van der Waals surface area contributed by atoms with E-state index in [0.29, 0.717) is 0 Å². The van der Waals surface area contributed by atoms with Crippen molar-refractivity contribution < 1.29 is 0 Å². The van der Waals surface area contributed by atoms with E-state index in [4.69, 9.17) is 4.98 Å². The van der Waals surface area contributed by atoms with Gasteiger partial charge in [0.1, 0.15) is 11.9 Å². The maximum absolute atomic E-state index is 4.71. The molecule has 0 aliphatic heterocycles. The average molecular weight is 267 g/mol. The van der Waals surface area contributed by atoms with Crippen LogP contribution >= 0.6 is 0 Å². The number of para-hydroxylation sites is 2. The first-order valence-electron chi connectivity index (χ1n) is 6.72. The van der Waals surface area contributed by atoms with E-state index in [-0.39, 0.29) is 6.04 Å². The van der Waals surface area contributed by atoms with Crippen LogP contribution in [0.1, 0.15) is 24.5 Å². The van der Waals surface area contributed by atoms with E-state index in [1.165, 1.54) is 0 Å². The molecule has 1 atom stereocenters. The molecule has 0 amide bonds. The van der Waals surface area contributed by atoms with Crippen molar-refractivity contribution in [3.05, 3.63) is 54.4 Å². The summed E-state index contributed by atoms with van der Waals surface area (Å²) in [6.07, 6.45) is 5.56. The molecule has 0 fully saturated rings. The maximum atomic E-state index is 4.71. The quantitative estimate of drug-likeness (QED) is 0.786. The first-order chi connectivity index (χ1) is 9.79. The van der Waals surface area contributed by atoms with E-state index in [1.54, 1.807) is 6.20 Å². The first-order valence-corrected chi connectivity index (χ1v) is 6.72. The highest BCUT2D eigenvalue weighted by Crippen LogP contribution is 2.19. The third-order valence-electron chi connectivity index (χ3n) is 3.29. The van der Waals surface area contributed by atoms with E-state index < -0.39 is 0 Å². The fraction of sp³-hybridized carbons (Fsp3) is 0.267. The molecule has 2 heterocycles. The van der Waals surface area contributed by atoms with Crippen molar-refractivity contribution in [3.8, 4) is 0 Å². The number of imidazole rings is 1. The number of benzene rings is 1. The summed E-state index contributed by atoms with van der Waals surface area (Å²) in [7, 11) is 1.99. The van der Waals surface area contributed by atoms with Gasteiger partial charge < -0.3 is 9.88 Å². The molecule has 0 saturated carbocycles. The van der Waals surface area contributed by atoms with Crippen LogP contribution in [0.4, 0.5) is 0 Å². The molecule has 1 N–H and O–H groups in total. The summed E-state index contributed by atoms with van der Waals surface area (Å²) in [6, 6.07) is 7.85. The number of nitrogens with one attached hydrogen (secondary N) is 1. The Balaban J connectivity index is 2.07. The summed E-state index contributed by atoms with van der Waals surface area (Å²) >= 11 is 0. The third kappa shape index (κ3) is 2.28. The SMILES string of the molecule is CCNC(c1cnc2ccccc2n1)c1nccn1C. The minimum absolute atomic E-state index is 0.0443. The van der Waals surface area contributed by atoms with Gasteiger partial charge >= 0.3 is 0 Å². The van der Waals surface area contributed by atoms with Crippen LogP contribution in [0.25, 0.3) is 11.0 Å². The minimum atomic E-state index is -0.0443.